The molecular weight excluding hydrogens is 284 g/mol. The minimum Gasteiger partial charge on any atom is -0.504 e. The summed E-state index contributed by atoms with van der Waals surface area (Å²) in [5, 5.41) is 27.7. The number of pyridine rings is 1. The maximum Gasteiger partial charge on any atom is 0.354 e. The molecular formula is C16H12N2O4. The highest BCUT2D eigenvalue weighted by atomic mass is 16.5. The molecule has 0 aliphatic heterocycles. The summed E-state index contributed by atoms with van der Waals surface area (Å²) in [4.78, 5) is 14.8. The van der Waals surface area contributed by atoms with E-state index < -0.39 is 5.97 Å². The minimum absolute atomic E-state index is 0.0163. The van der Waals surface area contributed by atoms with Gasteiger partial charge in [0, 0.05) is 0 Å². The van der Waals surface area contributed by atoms with Crippen LogP contribution in [0.25, 0.3) is 12.2 Å². The van der Waals surface area contributed by atoms with Crippen molar-refractivity contribution in [3.63, 3.8) is 0 Å². The van der Waals surface area contributed by atoms with Crippen LogP contribution in [-0.2, 0) is 0 Å². The van der Waals surface area contributed by atoms with Crippen molar-refractivity contribution in [3.05, 3.63) is 52.8 Å². The minimum atomic E-state index is -1.17. The number of phenols is 1. The standard InChI is InChI=1S/C16H12N2O4/c1-22-15-7-3-10(8-14(15)19)2-5-12-11(9-17)4-6-13(18-12)16(20)21/h2-8,19H,1H3,(H,20,21). The lowest BCUT2D eigenvalue weighted by Crippen LogP contribution is -2.02. The second-order valence-corrected chi connectivity index (χ2v) is 4.31. The van der Waals surface area contributed by atoms with Gasteiger partial charge in [-0.15, -0.1) is 0 Å². The first kappa shape index (κ1) is 15.1. The average Bonchev–Trinajstić information content (AvgIpc) is 2.52. The number of methoxy groups -OCH3 is 1. The molecule has 0 amide bonds. The zero-order valence-electron chi connectivity index (χ0n) is 11.6. The number of carboxylic acids is 1. The Hall–Kier alpha value is -3.33. The first-order valence-corrected chi connectivity index (χ1v) is 6.24. The fraction of sp³-hybridized carbons (Fsp3) is 0.0625. The molecule has 6 heteroatoms. The van der Waals surface area contributed by atoms with Crippen molar-refractivity contribution in [2.24, 2.45) is 0 Å². The number of hydrogen-bond acceptors (Lipinski definition) is 5. The third-order valence-corrected chi connectivity index (χ3v) is 2.90. The number of benzene rings is 1. The highest BCUT2D eigenvalue weighted by molar-refractivity contribution is 5.86. The lowest BCUT2D eigenvalue weighted by molar-refractivity contribution is 0.0690. The van der Waals surface area contributed by atoms with E-state index in [4.69, 9.17) is 15.1 Å². The normalized spacial score (nSPS) is 10.4. The Balaban J connectivity index is 2.37. The maximum atomic E-state index is 10.9. The molecule has 6 nitrogen and oxygen atoms in total. The topological polar surface area (TPSA) is 103 Å². The van der Waals surface area contributed by atoms with Crippen LogP contribution in [0, 0.1) is 11.3 Å². The quantitative estimate of drug-likeness (QED) is 0.898. The lowest BCUT2D eigenvalue weighted by atomic mass is 10.1. The molecule has 0 aliphatic rings. The van der Waals surface area contributed by atoms with Crippen LogP contribution in [0.2, 0.25) is 0 Å². The Morgan fingerprint density at radius 1 is 1.32 bits per heavy atom. The van der Waals surface area contributed by atoms with Crippen LogP contribution in [0.4, 0.5) is 0 Å². The summed E-state index contributed by atoms with van der Waals surface area (Å²) >= 11 is 0. The molecule has 0 radical (unpaired) electrons. The Kier molecular flexibility index (Phi) is 4.39. The zero-order valence-corrected chi connectivity index (χ0v) is 11.6. The van der Waals surface area contributed by atoms with Crippen LogP contribution in [0.15, 0.2) is 30.3 Å². The number of aromatic carboxylic acids is 1. The number of nitriles is 1. The van der Waals surface area contributed by atoms with Crippen molar-refractivity contribution in [3.8, 4) is 17.6 Å². The molecule has 2 aromatic rings. The predicted molar refractivity (Wildman–Crippen MR) is 79.5 cm³/mol. The summed E-state index contributed by atoms with van der Waals surface area (Å²) in [6.07, 6.45) is 3.14. The van der Waals surface area contributed by atoms with Crippen LogP contribution < -0.4 is 4.74 Å². The first-order valence-electron chi connectivity index (χ1n) is 6.24. The third kappa shape index (κ3) is 3.22. The molecule has 2 rings (SSSR count). The Morgan fingerprint density at radius 2 is 2.09 bits per heavy atom. The number of carbonyl (C=O) groups is 1. The number of nitrogens with zero attached hydrogens (tertiary/aromatic N) is 2. The van der Waals surface area contributed by atoms with Crippen LogP contribution in [-0.4, -0.2) is 28.3 Å². The molecule has 110 valence electrons. The molecule has 22 heavy (non-hydrogen) atoms. The SMILES string of the molecule is COc1ccc(C=Cc2nc(C(=O)O)ccc2C#N)cc1O. The fourth-order valence-corrected chi connectivity index (χ4v) is 1.80. The number of aromatic nitrogens is 1. The molecule has 0 unspecified atom stereocenters. The summed E-state index contributed by atoms with van der Waals surface area (Å²) in [6.45, 7) is 0. The summed E-state index contributed by atoms with van der Waals surface area (Å²) in [6, 6.07) is 9.43. The first-order chi connectivity index (χ1) is 10.5. The van der Waals surface area contributed by atoms with Gasteiger partial charge in [0.1, 0.15) is 11.8 Å². The summed E-state index contributed by atoms with van der Waals surface area (Å²) in [7, 11) is 1.45. The number of rotatable bonds is 4. The van der Waals surface area contributed by atoms with Gasteiger partial charge in [-0.05, 0) is 35.9 Å². The van der Waals surface area contributed by atoms with Gasteiger partial charge in [-0.3, -0.25) is 0 Å². The highest BCUT2D eigenvalue weighted by Gasteiger charge is 2.08. The highest BCUT2D eigenvalue weighted by Crippen LogP contribution is 2.27. The van der Waals surface area contributed by atoms with Crippen LogP contribution >= 0.6 is 0 Å². The van der Waals surface area contributed by atoms with Gasteiger partial charge in [0.05, 0.1) is 18.4 Å². The van der Waals surface area contributed by atoms with E-state index in [0.717, 1.165) is 0 Å². The Bertz CT molecular complexity index is 791. The van der Waals surface area contributed by atoms with Gasteiger partial charge in [-0.25, -0.2) is 9.78 Å². The van der Waals surface area contributed by atoms with Crippen molar-refractivity contribution in [1.29, 1.82) is 5.26 Å². The van der Waals surface area contributed by atoms with Crippen molar-refractivity contribution in [2.45, 2.75) is 0 Å². The molecule has 0 fully saturated rings. The molecule has 1 aromatic carbocycles. The van der Waals surface area contributed by atoms with Crippen molar-refractivity contribution >= 4 is 18.1 Å². The average molecular weight is 296 g/mol. The van der Waals surface area contributed by atoms with E-state index in [1.807, 2.05) is 6.07 Å². The number of carboxylic acid groups (broad SMARTS) is 1. The second kappa shape index (κ2) is 6.41. The zero-order chi connectivity index (χ0) is 16.1. The van der Waals surface area contributed by atoms with Gasteiger partial charge in [-0.1, -0.05) is 12.1 Å². The Morgan fingerprint density at radius 3 is 2.68 bits per heavy atom. The largest absolute Gasteiger partial charge is 0.504 e. The monoisotopic (exact) mass is 296 g/mol. The molecule has 0 bridgehead atoms. The fourth-order valence-electron chi connectivity index (χ4n) is 1.80. The van der Waals surface area contributed by atoms with E-state index in [9.17, 15) is 9.90 Å². The molecule has 1 aromatic heterocycles. The van der Waals surface area contributed by atoms with Gasteiger partial charge in [0.15, 0.2) is 11.5 Å². The van der Waals surface area contributed by atoms with E-state index >= 15 is 0 Å². The third-order valence-electron chi connectivity index (χ3n) is 2.90. The van der Waals surface area contributed by atoms with Crippen molar-refractivity contribution in [2.75, 3.05) is 7.11 Å². The summed E-state index contributed by atoms with van der Waals surface area (Å²) in [5.41, 5.74) is 1.03. The molecule has 0 saturated carbocycles. The molecule has 1 heterocycles. The molecule has 2 N–H and O–H groups in total. The van der Waals surface area contributed by atoms with E-state index in [1.165, 1.54) is 31.4 Å². The molecule has 0 aliphatic carbocycles. The number of ether oxygens (including phenoxy) is 1. The number of aromatic hydroxyl groups is 1. The predicted octanol–water partition coefficient (Wildman–Crippen LogP) is 2.54. The van der Waals surface area contributed by atoms with E-state index in [-0.39, 0.29) is 22.7 Å². The van der Waals surface area contributed by atoms with Crippen molar-refractivity contribution in [1.82, 2.24) is 4.98 Å². The van der Waals surface area contributed by atoms with Gasteiger partial charge in [-0.2, -0.15) is 5.26 Å². The second-order valence-electron chi connectivity index (χ2n) is 4.31. The number of hydrogen-bond donors (Lipinski definition) is 2. The van der Waals surface area contributed by atoms with Crippen LogP contribution in [0.5, 0.6) is 11.5 Å². The van der Waals surface area contributed by atoms with Gasteiger partial charge in [0.25, 0.3) is 0 Å². The summed E-state index contributed by atoms with van der Waals surface area (Å²) < 4.78 is 4.95. The molecule has 0 spiro atoms. The van der Waals surface area contributed by atoms with Crippen LogP contribution in [0.1, 0.15) is 27.3 Å². The van der Waals surface area contributed by atoms with Crippen molar-refractivity contribution < 1.29 is 19.7 Å². The smallest absolute Gasteiger partial charge is 0.354 e. The van der Waals surface area contributed by atoms with E-state index in [1.54, 1.807) is 18.2 Å². The van der Waals surface area contributed by atoms with Gasteiger partial charge in [0.2, 0.25) is 0 Å². The lowest BCUT2D eigenvalue weighted by Gasteiger charge is -2.03. The molecule has 0 saturated heterocycles. The maximum absolute atomic E-state index is 10.9. The molecule has 0 atom stereocenters. The van der Waals surface area contributed by atoms with E-state index in [0.29, 0.717) is 11.3 Å². The van der Waals surface area contributed by atoms with Gasteiger partial charge >= 0.3 is 5.97 Å². The van der Waals surface area contributed by atoms with Crippen LogP contribution in [0.3, 0.4) is 0 Å². The summed E-state index contributed by atoms with van der Waals surface area (Å²) in [5.74, 6) is -0.834. The number of phenolic OH excluding ortho intramolecular Hbond substituents is 1. The van der Waals surface area contributed by atoms with Gasteiger partial charge < -0.3 is 14.9 Å². The van der Waals surface area contributed by atoms with E-state index in [2.05, 4.69) is 4.98 Å². The Labute approximate surface area is 126 Å².